The van der Waals surface area contributed by atoms with Crippen LogP contribution in [0.4, 0.5) is 0 Å². The van der Waals surface area contributed by atoms with Crippen molar-refractivity contribution in [2.24, 2.45) is 0 Å². The summed E-state index contributed by atoms with van der Waals surface area (Å²) in [5, 5.41) is 2.76. The summed E-state index contributed by atoms with van der Waals surface area (Å²) in [7, 11) is -8.62. The predicted molar refractivity (Wildman–Crippen MR) is 58.4 cm³/mol. The first kappa shape index (κ1) is 16.2. The zero-order valence-corrected chi connectivity index (χ0v) is 10.6. The maximum atomic E-state index is 10.8. The third kappa shape index (κ3) is 9.00. The van der Waals surface area contributed by atoms with Crippen LogP contribution in [0.15, 0.2) is 0 Å². The van der Waals surface area contributed by atoms with Gasteiger partial charge in [-0.1, -0.05) is 0 Å². The van der Waals surface area contributed by atoms with Crippen molar-refractivity contribution in [3.05, 3.63) is 0 Å². The number of hydrogen-bond donors (Lipinski definition) is 4. The lowest BCUT2D eigenvalue weighted by atomic mass is 10.5. The van der Waals surface area contributed by atoms with Crippen LogP contribution in [-0.2, 0) is 25.0 Å². The van der Waals surface area contributed by atoms with Gasteiger partial charge in [0.05, 0.1) is 5.75 Å². The molecule has 0 aliphatic heterocycles. The van der Waals surface area contributed by atoms with Crippen LogP contribution in [0.2, 0.25) is 0 Å². The van der Waals surface area contributed by atoms with Crippen LogP contribution in [0, 0.1) is 0 Å². The summed E-state index contributed by atoms with van der Waals surface area (Å²) in [4.78, 5) is 10.6. The number of rotatable bonds is 7. The highest BCUT2D eigenvalue weighted by molar-refractivity contribution is 7.86. The first-order chi connectivity index (χ1) is 7.52. The second-order valence-corrected chi connectivity index (χ2v) is 6.37. The minimum absolute atomic E-state index is 0.218. The monoisotopic (exact) mass is 290 g/mol. The molecule has 0 aromatic rings. The quantitative estimate of drug-likeness (QED) is 0.305. The summed E-state index contributed by atoms with van der Waals surface area (Å²) < 4.78 is 59.4. The second kappa shape index (κ2) is 6.26. The van der Waals surface area contributed by atoms with Gasteiger partial charge >= 0.3 is 0 Å². The Morgan fingerprint density at radius 2 is 1.76 bits per heavy atom. The SMILES string of the molecule is CC(=O)NC(CNCCS(=O)(=O)O)S(=O)(=O)O. The van der Waals surface area contributed by atoms with Crippen LogP contribution in [0.5, 0.6) is 0 Å². The first-order valence-electron chi connectivity index (χ1n) is 4.41. The number of amides is 1. The van der Waals surface area contributed by atoms with Crippen molar-refractivity contribution >= 4 is 26.1 Å². The van der Waals surface area contributed by atoms with E-state index in [2.05, 4.69) is 5.32 Å². The van der Waals surface area contributed by atoms with Crippen molar-refractivity contribution in [1.82, 2.24) is 10.6 Å². The molecule has 102 valence electrons. The van der Waals surface area contributed by atoms with Gasteiger partial charge in [0.25, 0.3) is 20.2 Å². The fraction of sp³-hybridized carbons (Fsp3) is 0.833. The summed E-state index contributed by atoms with van der Waals surface area (Å²) in [5.41, 5.74) is 0. The van der Waals surface area contributed by atoms with Gasteiger partial charge in [0.15, 0.2) is 5.37 Å². The highest BCUT2D eigenvalue weighted by atomic mass is 32.2. The van der Waals surface area contributed by atoms with Crippen molar-refractivity contribution in [2.45, 2.75) is 12.3 Å². The largest absolute Gasteiger partial charge is 0.337 e. The molecule has 0 spiro atoms. The lowest BCUT2D eigenvalue weighted by Gasteiger charge is -2.15. The molecule has 4 N–H and O–H groups in total. The van der Waals surface area contributed by atoms with E-state index in [-0.39, 0.29) is 13.1 Å². The van der Waals surface area contributed by atoms with E-state index in [1.54, 1.807) is 0 Å². The van der Waals surface area contributed by atoms with Crippen molar-refractivity contribution in [1.29, 1.82) is 0 Å². The fourth-order valence-electron chi connectivity index (χ4n) is 0.892. The van der Waals surface area contributed by atoms with E-state index in [1.165, 1.54) is 0 Å². The van der Waals surface area contributed by atoms with Crippen molar-refractivity contribution in [3.8, 4) is 0 Å². The number of nitrogens with one attached hydrogen (secondary N) is 2. The molecule has 0 aromatic carbocycles. The molecule has 0 aromatic heterocycles. The van der Waals surface area contributed by atoms with Crippen LogP contribution in [0.3, 0.4) is 0 Å². The number of hydrogen-bond acceptors (Lipinski definition) is 6. The van der Waals surface area contributed by atoms with Gasteiger partial charge in [-0.15, -0.1) is 0 Å². The second-order valence-electron chi connectivity index (χ2n) is 3.19. The van der Waals surface area contributed by atoms with Gasteiger partial charge in [0, 0.05) is 20.0 Å². The van der Waals surface area contributed by atoms with Crippen LogP contribution in [0.25, 0.3) is 0 Å². The molecule has 0 rings (SSSR count). The standard InChI is InChI=1S/C6H14N2O7S2/c1-5(9)8-6(17(13,14)15)4-7-2-3-16(10,11)12/h6-7H,2-4H2,1H3,(H,8,9)(H,10,11,12)(H,13,14,15). The highest BCUT2D eigenvalue weighted by Gasteiger charge is 2.23. The van der Waals surface area contributed by atoms with Gasteiger partial charge in [-0.25, -0.2) is 0 Å². The third-order valence-electron chi connectivity index (χ3n) is 1.59. The van der Waals surface area contributed by atoms with Crippen LogP contribution in [0.1, 0.15) is 6.92 Å². The van der Waals surface area contributed by atoms with Crippen LogP contribution in [-0.4, -0.2) is 56.1 Å². The predicted octanol–water partition coefficient (Wildman–Crippen LogP) is -2.19. The lowest BCUT2D eigenvalue weighted by Crippen LogP contribution is -2.46. The average molecular weight is 290 g/mol. The molecule has 1 amide bonds. The summed E-state index contributed by atoms with van der Waals surface area (Å²) in [6, 6.07) is 0. The Morgan fingerprint density at radius 3 is 2.12 bits per heavy atom. The van der Waals surface area contributed by atoms with Gasteiger partial charge in [-0.3, -0.25) is 13.9 Å². The summed E-state index contributed by atoms with van der Waals surface area (Å²) in [6.45, 7) is 0.467. The Morgan fingerprint density at radius 1 is 1.24 bits per heavy atom. The van der Waals surface area contributed by atoms with Gasteiger partial charge in [-0.2, -0.15) is 16.8 Å². The van der Waals surface area contributed by atoms with Crippen LogP contribution < -0.4 is 10.6 Å². The highest BCUT2D eigenvalue weighted by Crippen LogP contribution is 1.93. The Balaban J connectivity index is 4.25. The topological polar surface area (TPSA) is 150 Å². The molecule has 0 aliphatic rings. The van der Waals surface area contributed by atoms with E-state index in [1.807, 2.05) is 5.32 Å². The van der Waals surface area contributed by atoms with Gasteiger partial charge in [-0.05, 0) is 0 Å². The van der Waals surface area contributed by atoms with E-state index in [0.717, 1.165) is 6.92 Å². The maximum absolute atomic E-state index is 10.8. The van der Waals surface area contributed by atoms with Crippen LogP contribution >= 0.6 is 0 Å². The zero-order chi connectivity index (χ0) is 13.7. The molecule has 0 aliphatic carbocycles. The number of carbonyl (C=O) groups excluding carboxylic acids is 1. The molecule has 0 saturated carbocycles. The van der Waals surface area contributed by atoms with Gasteiger partial charge < -0.3 is 10.6 Å². The molecule has 17 heavy (non-hydrogen) atoms. The molecule has 1 unspecified atom stereocenters. The molecule has 1 atom stereocenters. The molecular formula is C6H14N2O7S2. The van der Waals surface area contributed by atoms with E-state index < -0.39 is 37.3 Å². The molecule has 0 fully saturated rings. The minimum atomic E-state index is -4.48. The smallest absolute Gasteiger partial charge is 0.287 e. The van der Waals surface area contributed by atoms with E-state index in [4.69, 9.17) is 9.11 Å². The molecule has 9 nitrogen and oxygen atoms in total. The Kier molecular flexibility index (Phi) is 5.98. The molecular weight excluding hydrogens is 276 g/mol. The Hall–Kier alpha value is -0.750. The van der Waals surface area contributed by atoms with Gasteiger partial charge in [0.2, 0.25) is 5.91 Å². The molecule has 0 saturated heterocycles. The summed E-state index contributed by atoms with van der Waals surface area (Å²) in [5.74, 6) is -1.27. The molecule has 0 heterocycles. The average Bonchev–Trinajstić information content (AvgIpc) is 2.06. The van der Waals surface area contributed by atoms with E-state index in [0.29, 0.717) is 0 Å². The van der Waals surface area contributed by atoms with E-state index >= 15 is 0 Å². The fourth-order valence-corrected chi connectivity index (χ4v) is 1.94. The first-order valence-corrected chi connectivity index (χ1v) is 7.53. The minimum Gasteiger partial charge on any atom is -0.337 e. The summed E-state index contributed by atoms with van der Waals surface area (Å²) in [6.07, 6.45) is 0. The van der Waals surface area contributed by atoms with Crippen molar-refractivity contribution in [3.63, 3.8) is 0 Å². The molecule has 0 bridgehead atoms. The molecule has 0 radical (unpaired) electrons. The van der Waals surface area contributed by atoms with E-state index in [9.17, 15) is 21.6 Å². The Bertz CT molecular complexity index is 455. The lowest BCUT2D eigenvalue weighted by molar-refractivity contribution is -0.119. The van der Waals surface area contributed by atoms with Crippen molar-refractivity contribution in [2.75, 3.05) is 18.8 Å². The Labute approximate surface area is 99.1 Å². The normalized spacial score (nSPS) is 14.3. The van der Waals surface area contributed by atoms with Crippen molar-refractivity contribution < 1.29 is 30.7 Å². The maximum Gasteiger partial charge on any atom is 0.287 e. The molecule has 11 heteroatoms. The third-order valence-corrected chi connectivity index (χ3v) is 3.31. The van der Waals surface area contributed by atoms with Gasteiger partial charge in [0.1, 0.15) is 0 Å². The zero-order valence-electron chi connectivity index (χ0n) is 8.95. The summed E-state index contributed by atoms with van der Waals surface area (Å²) >= 11 is 0. The number of carbonyl (C=O) groups is 1.